The van der Waals surface area contributed by atoms with Crippen LogP contribution in [0.25, 0.3) is 0 Å². The maximum absolute atomic E-state index is 12.5. The minimum atomic E-state index is -3.62. The summed E-state index contributed by atoms with van der Waals surface area (Å²) in [5, 5.41) is 8.95. The monoisotopic (exact) mass is 265 g/mol. The van der Waals surface area contributed by atoms with Gasteiger partial charge in [-0.1, -0.05) is 6.92 Å². The van der Waals surface area contributed by atoms with Gasteiger partial charge in [0.1, 0.15) is 11.0 Å². The van der Waals surface area contributed by atoms with Crippen molar-refractivity contribution in [1.29, 1.82) is 5.26 Å². The van der Waals surface area contributed by atoms with Crippen LogP contribution >= 0.6 is 0 Å². The van der Waals surface area contributed by atoms with E-state index in [4.69, 9.17) is 5.26 Å². The van der Waals surface area contributed by atoms with E-state index < -0.39 is 10.0 Å². The van der Waals surface area contributed by atoms with E-state index in [1.165, 1.54) is 22.6 Å². The molecule has 1 aromatic heterocycles. The average molecular weight is 265 g/mol. The van der Waals surface area contributed by atoms with Crippen LogP contribution in [0.2, 0.25) is 0 Å². The summed E-state index contributed by atoms with van der Waals surface area (Å²) in [5.41, 5.74) is -0.0377. The molecule has 0 bridgehead atoms. The van der Waals surface area contributed by atoms with Gasteiger partial charge in [-0.15, -0.1) is 0 Å². The first kappa shape index (κ1) is 13.0. The molecular formula is C12H15N3O2S. The number of pyridine rings is 1. The molecule has 2 unspecified atom stereocenters. The first-order valence-electron chi connectivity index (χ1n) is 5.83. The molecule has 0 radical (unpaired) electrons. The lowest BCUT2D eigenvalue weighted by Crippen LogP contribution is -2.34. The van der Waals surface area contributed by atoms with Crippen molar-refractivity contribution < 1.29 is 8.42 Å². The van der Waals surface area contributed by atoms with Crippen LogP contribution in [0.5, 0.6) is 0 Å². The largest absolute Gasteiger partial charge is 0.246 e. The van der Waals surface area contributed by atoms with E-state index in [1.807, 2.05) is 19.9 Å². The quantitative estimate of drug-likeness (QED) is 0.809. The topological polar surface area (TPSA) is 74.1 Å². The summed E-state index contributed by atoms with van der Waals surface area (Å²) in [5.74, 6) is 0.344. The number of hydrogen-bond donors (Lipinski definition) is 0. The Morgan fingerprint density at radius 3 is 2.78 bits per heavy atom. The second kappa shape index (κ2) is 4.67. The van der Waals surface area contributed by atoms with Crippen molar-refractivity contribution in [2.45, 2.75) is 31.2 Å². The molecule has 96 valence electrons. The van der Waals surface area contributed by atoms with Crippen molar-refractivity contribution in [3.8, 4) is 6.07 Å². The predicted molar refractivity (Wildman–Crippen MR) is 66.1 cm³/mol. The van der Waals surface area contributed by atoms with Crippen molar-refractivity contribution in [1.82, 2.24) is 9.29 Å². The number of nitriles is 1. The van der Waals surface area contributed by atoms with E-state index in [1.54, 1.807) is 0 Å². The second-order valence-electron chi connectivity index (χ2n) is 4.73. The number of sulfonamides is 1. The third-order valence-corrected chi connectivity index (χ3v) is 5.20. The average Bonchev–Trinajstić information content (AvgIpc) is 2.69. The van der Waals surface area contributed by atoms with Crippen molar-refractivity contribution in [2.24, 2.45) is 5.92 Å². The highest BCUT2D eigenvalue weighted by atomic mass is 32.2. The van der Waals surface area contributed by atoms with Crippen molar-refractivity contribution >= 4 is 10.0 Å². The minimum absolute atomic E-state index is 0.00782. The molecule has 2 heterocycles. The van der Waals surface area contributed by atoms with Gasteiger partial charge < -0.3 is 0 Å². The van der Waals surface area contributed by atoms with Crippen LogP contribution in [-0.4, -0.2) is 30.3 Å². The molecule has 5 nitrogen and oxygen atoms in total. The van der Waals surface area contributed by atoms with Crippen LogP contribution in [0.4, 0.5) is 0 Å². The Balaban J connectivity index is 2.47. The summed E-state index contributed by atoms with van der Waals surface area (Å²) in [4.78, 5) is 3.82. The molecule has 1 fully saturated rings. The van der Waals surface area contributed by atoms with E-state index in [0.717, 1.165) is 6.42 Å². The Kier molecular flexibility index (Phi) is 3.37. The maximum Gasteiger partial charge on any atom is 0.246 e. The lowest BCUT2D eigenvalue weighted by Gasteiger charge is -2.21. The van der Waals surface area contributed by atoms with Gasteiger partial charge in [0.2, 0.25) is 10.0 Å². The zero-order valence-electron chi connectivity index (χ0n) is 10.4. The van der Waals surface area contributed by atoms with Crippen molar-refractivity contribution in [3.63, 3.8) is 0 Å². The molecule has 6 heteroatoms. The van der Waals surface area contributed by atoms with Gasteiger partial charge in [-0.3, -0.25) is 0 Å². The smallest absolute Gasteiger partial charge is 0.244 e. The van der Waals surface area contributed by atoms with Crippen LogP contribution in [0.3, 0.4) is 0 Å². The lowest BCUT2D eigenvalue weighted by atomic mass is 10.1. The van der Waals surface area contributed by atoms with Crippen LogP contribution in [0, 0.1) is 17.2 Å². The number of rotatable bonds is 2. The van der Waals surface area contributed by atoms with E-state index in [9.17, 15) is 8.42 Å². The molecule has 0 aliphatic carbocycles. The summed E-state index contributed by atoms with van der Waals surface area (Å²) in [7, 11) is -3.62. The Morgan fingerprint density at radius 1 is 1.50 bits per heavy atom. The highest BCUT2D eigenvalue weighted by Gasteiger charge is 2.37. The third kappa shape index (κ3) is 2.11. The van der Waals surface area contributed by atoms with E-state index in [0.29, 0.717) is 12.5 Å². The number of hydrogen-bond acceptors (Lipinski definition) is 4. The fraction of sp³-hybridized carbons (Fsp3) is 0.500. The first-order chi connectivity index (χ1) is 8.46. The molecule has 1 saturated heterocycles. The molecular weight excluding hydrogens is 250 g/mol. The highest BCUT2D eigenvalue weighted by molar-refractivity contribution is 7.89. The van der Waals surface area contributed by atoms with Gasteiger partial charge in [0.05, 0.1) is 0 Å². The molecule has 0 amide bonds. The summed E-state index contributed by atoms with van der Waals surface area (Å²) >= 11 is 0. The van der Waals surface area contributed by atoms with Crippen LogP contribution in [0.15, 0.2) is 23.2 Å². The van der Waals surface area contributed by atoms with Crippen molar-refractivity contribution in [2.75, 3.05) is 6.54 Å². The molecule has 0 N–H and O–H groups in total. The maximum atomic E-state index is 12.5. The van der Waals surface area contributed by atoms with E-state index in [-0.39, 0.29) is 16.6 Å². The lowest BCUT2D eigenvalue weighted by molar-refractivity contribution is 0.405. The fourth-order valence-corrected chi connectivity index (χ4v) is 4.26. The molecule has 0 aromatic carbocycles. The standard InChI is InChI=1S/C12H15N3O2S/c1-9-6-10(2)15(8-9)18(16,17)12-4-3-5-14-11(12)7-13/h3-5,9-10H,6,8H2,1-2H3. The van der Waals surface area contributed by atoms with Gasteiger partial charge >= 0.3 is 0 Å². The number of aromatic nitrogens is 1. The molecule has 0 spiro atoms. The molecule has 0 saturated carbocycles. The van der Waals surface area contributed by atoms with E-state index >= 15 is 0 Å². The second-order valence-corrected chi connectivity index (χ2v) is 6.59. The van der Waals surface area contributed by atoms with Crippen LogP contribution in [-0.2, 0) is 10.0 Å². The zero-order chi connectivity index (χ0) is 13.3. The molecule has 2 rings (SSSR count). The fourth-order valence-electron chi connectivity index (χ4n) is 2.41. The minimum Gasteiger partial charge on any atom is -0.244 e. The van der Waals surface area contributed by atoms with Crippen LogP contribution < -0.4 is 0 Å². The van der Waals surface area contributed by atoms with Gasteiger partial charge in [0.25, 0.3) is 0 Å². The molecule has 1 aromatic rings. The molecule has 1 aliphatic rings. The van der Waals surface area contributed by atoms with Gasteiger partial charge in [0, 0.05) is 18.8 Å². The Bertz CT molecular complexity index is 592. The summed E-state index contributed by atoms with van der Waals surface area (Å²) in [6.45, 7) is 4.42. The Hall–Kier alpha value is -1.45. The summed E-state index contributed by atoms with van der Waals surface area (Å²) < 4.78 is 26.5. The molecule has 1 aliphatic heterocycles. The molecule has 18 heavy (non-hydrogen) atoms. The first-order valence-corrected chi connectivity index (χ1v) is 7.27. The highest BCUT2D eigenvalue weighted by Crippen LogP contribution is 2.29. The van der Waals surface area contributed by atoms with Gasteiger partial charge in [-0.25, -0.2) is 13.4 Å². The zero-order valence-corrected chi connectivity index (χ0v) is 11.2. The van der Waals surface area contributed by atoms with E-state index in [2.05, 4.69) is 4.98 Å². The normalized spacial score (nSPS) is 24.9. The van der Waals surface area contributed by atoms with Crippen molar-refractivity contribution in [3.05, 3.63) is 24.0 Å². The predicted octanol–water partition coefficient (Wildman–Crippen LogP) is 1.37. The number of nitrogens with zero attached hydrogens (tertiary/aromatic N) is 3. The van der Waals surface area contributed by atoms with Gasteiger partial charge in [-0.05, 0) is 31.4 Å². The molecule has 2 atom stereocenters. The summed E-state index contributed by atoms with van der Waals surface area (Å²) in [6, 6.07) is 4.78. The Labute approximate surface area is 107 Å². The SMILES string of the molecule is CC1CC(C)N(S(=O)(=O)c2cccnc2C#N)C1. The third-order valence-electron chi connectivity index (χ3n) is 3.19. The van der Waals surface area contributed by atoms with Gasteiger partial charge in [0.15, 0.2) is 5.69 Å². The van der Waals surface area contributed by atoms with Gasteiger partial charge in [-0.2, -0.15) is 9.57 Å². The Morgan fingerprint density at radius 2 is 2.22 bits per heavy atom. The summed E-state index contributed by atoms with van der Waals surface area (Å²) in [6.07, 6.45) is 2.27. The van der Waals surface area contributed by atoms with Crippen LogP contribution in [0.1, 0.15) is 26.0 Å².